The molecule has 0 radical (unpaired) electrons. The second kappa shape index (κ2) is 7.08. The van der Waals surface area contributed by atoms with E-state index in [1.54, 1.807) is 0 Å². The van der Waals surface area contributed by atoms with Gasteiger partial charge in [0.15, 0.2) is 0 Å². The first-order valence-corrected chi connectivity index (χ1v) is 8.04. The van der Waals surface area contributed by atoms with Crippen LogP contribution in [0.2, 0.25) is 0 Å². The molecular formula is C18H28N2O. The Bertz CT molecular complexity index is 444. The van der Waals surface area contributed by atoms with Crippen LogP contribution in [0.25, 0.3) is 0 Å². The average Bonchev–Trinajstić information content (AvgIpc) is 2.95. The summed E-state index contributed by atoms with van der Waals surface area (Å²) in [6, 6.07) is 10.8. The van der Waals surface area contributed by atoms with E-state index in [9.17, 15) is 4.79 Å². The molecule has 2 rings (SSSR count). The summed E-state index contributed by atoms with van der Waals surface area (Å²) in [6.07, 6.45) is 3.99. The zero-order chi connectivity index (χ0) is 15.3. The highest BCUT2D eigenvalue weighted by atomic mass is 16.1. The molecule has 0 aliphatic carbocycles. The minimum atomic E-state index is 0.00260. The zero-order valence-electron chi connectivity index (χ0n) is 13.5. The summed E-state index contributed by atoms with van der Waals surface area (Å²) in [5.74, 6) is 0.160. The van der Waals surface area contributed by atoms with Gasteiger partial charge in [0.1, 0.15) is 0 Å². The monoisotopic (exact) mass is 288 g/mol. The van der Waals surface area contributed by atoms with E-state index in [0.717, 1.165) is 13.0 Å². The molecule has 2 N–H and O–H groups in total. The number of hydrogen-bond acceptors (Lipinski definition) is 2. The normalized spacial score (nSPS) is 20.2. The lowest BCUT2D eigenvalue weighted by atomic mass is 9.82. The smallest absolute Gasteiger partial charge is 0.220 e. The first-order chi connectivity index (χ1) is 9.97. The number of benzene rings is 1. The highest BCUT2D eigenvalue weighted by molar-refractivity contribution is 5.76. The molecule has 0 aromatic heterocycles. The molecule has 0 bridgehead atoms. The lowest BCUT2D eigenvalue weighted by Gasteiger charge is -2.32. The van der Waals surface area contributed by atoms with E-state index >= 15 is 0 Å². The molecular weight excluding hydrogens is 260 g/mol. The summed E-state index contributed by atoms with van der Waals surface area (Å²) in [5.41, 5.74) is 1.18. The average molecular weight is 288 g/mol. The first kappa shape index (κ1) is 16.0. The molecule has 3 nitrogen and oxygen atoms in total. The van der Waals surface area contributed by atoms with Crippen molar-refractivity contribution in [3.05, 3.63) is 35.9 Å². The van der Waals surface area contributed by atoms with Crippen molar-refractivity contribution in [2.45, 2.75) is 58.5 Å². The molecule has 1 aliphatic heterocycles. The maximum absolute atomic E-state index is 12.3. The number of amides is 1. The SMILES string of the molecule is CC(C)(C)C(NC(=O)CCC1CCCN1)c1ccccc1. The second-order valence-electron chi connectivity index (χ2n) is 7.11. The van der Waals surface area contributed by atoms with E-state index in [4.69, 9.17) is 0 Å². The van der Waals surface area contributed by atoms with Crippen LogP contribution >= 0.6 is 0 Å². The lowest BCUT2D eigenvalue weighted by Crippen LogP contribution is -2.37. The molecule has 21 heavy (non-hydrogen) atoms. The molecule has 1 aromatic rings. The Hall–Kier alpha value is -1.35. The standard InChI is InChI=1S/C18H28N2O/c1-18(2,3)17(14-8-5-4-6-9-14)20-16(21)12-11-15-10-7-13-19-15/h4-6,8-9,15,17,19H,7,10-13H2,1-3H3,(H,20,21). The molecule has 1 amide bonds. The minimum Gasteiger partial charge on any atom is -0.349 e. The predicted molar refractivity (Wildman–Crippen MR) is 87.0 cm³/mol. The number of carbonyl (C=O) groups excluding carboxylic acids is 1. The fourth-order valence-electron chi connectivity index (χ4n) is 2.99. The van der Waals surface area contributed by atoms with Crippen molar-refractivity contribution in [1.29, 1.82) is 0 Å². The fraction of sp³-hybridized carbons (Fsp3) is 0.611. The molecule has 0 saturated carbocycles. The van der Waals surface area contributed by atoms with E-state index in [1.807, 2.05) is 18.2 Å². The van der Waals surface area contributed by atoms with Gasteiger partial charge in [0.25, 0.3) is 0 Å². The Morgan fingerprint density at radius 3 is 2.62 bits per heavy atom. The van der Waals surface area contributed by atoms with Gasteiger partial charge in [-0.05, 0) is 36.8 Å². The first-order valence-electron chi connectivity index (χ1n) is 8.04. The summed E-state index contributed by atoms with van der Waals surface area (Å²) in [4.78, 5) is 12.3. The quantitative estimate of drug-likeness (QED) is 0.871. The van der Waals surface area contributed by atoms with Crippen LogP contribution in [0.4, 0.5) is 0 Å². The zero-order valence-corrected chi connectivity index (χ0v) is 13.5. The van der Waals surface area contributed by atoms with Crippen molar-refractivity contribution in [2.24, 2.45) is 5.41 Å². The summed E-state index contributed by atoms with van der Waals surface area (Å²) in [6.45, 7) is 7.61. The highest BCUT2D eigenvalue weighted by Crippen LogP contribution is 2.32. The number of carbonyl (C=O) groups is 1. The molecule has 116 valence electrons. The van der Waals surface area contributed by atoms with Gasteiger partial charge in [-0.15, -0.1) is 0 Å². The van der Waals surface area contributed by atoms with E-state index in [2.05, 4.69) is 43.5 Å². The summed E-state index contributed by atoms with van der Waals surface area (Å²) in [7, 11) is 0. The van der Waals surface area contributed by atoms with Gasteiger partial charge in [-0.2, -0.15) is 0 Å². The minimum absolute atomic E-state index is 0.00260. The molecule has 1 fully saturated rings. The summed E-state index contributed by atoms with van der Waals surface area (Å²) >= 11 is 0. The van der Waals surface area contributed by atoms with Gasteiger partial charge in [0, 0.05) is 12.5 Å². The maximum Gasteiger partial charge on any atom is 0.220 e. The van der Waals surface area contributed by atoms with Crippen LogP contribution in [0, 0.1) is 5.41 Å². The Balaban J connectivity index is 1.93. The van der Waals surface area contributed by atoms with E-state index in [0.29, 0.717) is 12.5 Å². The number of rotatable bonds is 5. The highest BCUT2D eigenvalue weighted by Gasteiger charge is 2.27. The van der Waals surface area contributed by atoms with Crippen LogP contribution in [0.5, 0.6) is 0 Å². The number of hydrogen-bond donors (Lipinski definition) is 2. The fourth-order valence-corrected chi connectivity index (χ4v) is 2.99. The molecule has 1 aromatic carbocycles. The van der Waals surface area contributed by atoms with Crippen molar-refractivity contribution in [1.82, 2.24) is 10.6 Å². The molecule has 2 atom stereocenters. The summed E-state index contributed by atoms with van der Waals surface area (Å²) in [5, 5.41) is 6.68. The molecule has 0 spiro atoms. The van der Waals surface area contributed by atoms with Crippen LogP contribution in [-0.4, -0.2) is 18.5 Å². The van der Waals surface area contributed by atoms with Crippen LogP contribution in [0.1, 0.15) is 58.1 Å². The Labute approximate surface area is 128 Å². The van der Waals surface area contributed by atoms with Gasteiger partial charge in [0.2, 0.25) is 5.91 Å². The van der Waals surface area contributed by atoms with Gasteiger partial charge in [0.05, 0.1) is 6.04 Å². The topological polar surface area (TPSA) is 41.1 Å². The van der Waals surface area contributed by atoms with E-state index in [-0.39, 0.29) is 17.4 Å². The van der Waals surface area contributed by atoms with Crippen molar-refractivity contribution >= 4 is 5.91 Å². The third-order valence-corrected chi connectivity index (χ3v) is 4.19. The molecule has 1 aliphatic rings. The van der Waals surface area contributed by atoms with Crippen molar-refractivity contribution in [2.75, 3.05) is 6.54 Å². The van der Waals surface area contributed by atoms with Crippen molar-refractivity contribution in [3.8, 4) is 0 Å². The van der Waals surface area contributed by atoms with Gasteiger partial charge in [-0.25, -0.2) is 0 Å². The molecule has 3 heteroatoms. The molecule has 2 unspecified atom stereocenters. The second-order valence-corrected chi connectivity index (χ2v) is 7.11. The molecule has 1 saturated heterocycles. The van der Waals surface area contributed by atoms with Crippen LogP contribution in [-0.2, 0) is 4.79 Å². The maximum atomic E-state index is 12.3. The third kappa shape index (κ3) is 4.85. The molecule has 1 heterocycles. The van der Waals surface area contributed by atoms with Crippen LogP contribution < -0.4 is 10.6 Å². The van der Waals surface area contributed by atoms with Crippen LogP contribution in [0.3, 0.4) is 0 Å². The van der Waals surface area contributed by atoms with Gasteiger partial charge in [-0.3, -0.25) is 4.79 Å². The Morgan fingerprint density at radius 1 is 1.33 bits per heavy atom. The van der Waals surface area contributed by atoms with Crippen molar-refractivity contribution < 1.29 is 4.79 Å². The Kier molecular flexibility index (Phi) is 5.40. The van der Waals surface area contributed by atoms with Crippen LogP contribution in [0.15, 0.2) is 30.3 Å². The lowest BCUT2D eigenvalue weighted by molar-refractivity contribution is -0.122. The van der Waals surface area contributed by atoms with E-state index < -0.39 is 0 Å². The predicted octanol–water partition coefficient (Wildman–Crippen LogP) is 3.42. The van der Waals surface area contributed by atoms with Gasteiger partial charge in [-0.1, -0.05) is 51.1 Å². The number of nitrogens with one attached hydrogen (secondary N) is 2. The van der Waals surface area contributed by atoms with Crippen molar-refractivity contribution in [3.63, 3.8) is 0 Å². The Morgan fingerprint density at radius 2 is 2.05 bits per heavy atom. The largest absolute Gasteiger partial charge is 0.349 e. The van der Waals surface area contributed by atoms with Gasteiger partial charge < -0.3 is 10.6 Å². The third-order valence-electron chi connectivity index (χ3n) is 4.19. The van der Waals surface area contributed by atoms with Gasteiger partial charge >= 0.3 is 0 Å². The van der Waals surface area contributed by atoms with E-state index in [1.165, 1.54) is 18.4 Å². The summed E-state index contributed by atoms with van der Waals surface area (Å²) < 4.78 is 0.